The van der Waals surface area contributed by atoms with Gasteiger partial charge in [0.15, 0.2) is 0 Å². The highest BCUT2D eigenvalue weighted by Crippen LogP contribution is 2.25. The second-order valence-corrected chi connectivity index (χ2v) is 6.60. The number of hydrogen-bond donors (Lipinski definition) is 2. The first kappa shape index (κ1) is 14.6. The van der Waals surface area contributed by atoms with E-state index >= 15 is 0 Å². The molecule has 1 atom stereocenters. The minimum Gasteiger partial charge on any atom is -0.349 e. The molecule has 1 fully saturated rings. The Morgan fingerprint density at radius 3 is 2.62 bits per heavy atom. The summed E-state index contributed by atoms with van der Waals surface area (Å²) in [7, 11) is 0. The van der Waals surface area contributed by atoms with Crippen molar-refractivity contribution in [3.8, 4) is 0 Å². The average molecular weight is 286 g/mol. The molecule has 1 saturated carbocycles. The Hall–Kier alpha value is -1.35. The first-order valence-corrected chi connectivity index (χ1v) is 8.37. The lowest BCUT2D eigenvalue weighted by atomic mass is 9.92. The van der Waals surface area contributed by atoms with Crippen LogP contribution in [0.25, 0.3) is 0 Å². The van der Waals surface area contributed by atoms with E-state index < -0.39 is 0 Å². The standard InChI is InChI=1S/C18H26N2O/c1-13(14-6-4-2-3-5-7-14)20-18(21)15-8-9-16-11-19-12-17(16)10-15/h8-10,13-14,19H,2-7,11-12H2,1H3,(H,20,21)/t13-/m1/s1. The molecule has 3 nitrogen and oxygen atoms in total. The van der Waals surface area contributed by atoms with E-state index in [1.807, 2.05) is 12.1 Å². The zero-order valence-corrected chi connectivity index (χ0v) is 13.0. The fourth-order valence-electron chi connectivity index (χ4n) is 3.65. The third kappa shape index (κ3) is 3.46. The van der Waals surface area contributed by atoms with Crippen LogP contribution in [0.15, 0.2) is 18.2 Å². The molecule has 0 radical (unpaired) electrons. The van der Waals surface area contributed by atoms with Gasteiger partial charge < -0.3 is 10.6 Å². The van der Waals surface area contributed by atoms with Gasteiger partial charge in [-0.3, -0.25) is 4.79 Å². The average Bonchev–Trinajstić information content (AvgIpc) is 2.78. The number of nitrogens with one attached hydrogen (secondary N) is 2. The van der Waals surface area contributed by atoms with Crippen LogP contribution in [0.5, 0.6) is 0 Å². The smallest absolute Gasteiger partial charge is 0.251 e. The molecule has 0 aromatic heterocycles. The summed E-state index contributed by atoms with van der Waals surface area (Å²) < 4.78 is 0. The van der Waals surface area contributed by atoms with Crippen LogP contribution >= 0.6 is 0 Å². The Kier molecular flexibility index (Phi) is 4.59. The highest BCUT2D eigenvalue weighted by atomic mass is 16.1. The lowest BCUT2D eigenvalue weighted by Crippen LogP contribution is -2.38. The van der Waals surface area contributed by atoms with E-state index in [4.69, 9.17) is 0 Å². The van der Waals surface area contributed by atoms with Crippen molar-refractivity contribution in [3.05, 3.63) is 34.9 Å². The molecule has 1 aliphatic carbocycles. The van der Waals surface area contributed by atoms with Gasteiger partial charge in [-0.25, -0.2) is 0 Å². The monoisotopic (exact) mass is 286 g/mol. The molecule has 2 N–H and O–H groups in total. The molecule has 1 heterocycles. The van der Waals surface area contributed by atoms with Crippen molar-refractivity contribution < 1.29 is 4.79 Å². The van der Waals surface area contributed by atoms with Crippen molar-refractivity contribution in [2.24, 2.45) is 5.92 Å². The quantitative estimate of drug-likeness (QED) is 0.836. The highest BCUT2D eigenvalue weighted by Gasteiger charge is 2.21. The van der Waals surface area contributed by atoms with Gasteiger partial charge in [0.05, 0.1) is 0 Å². The van der Waals surface area contributed by atoms with Crippen molar-refractivity contribution in [2.45, 2.75) is 64.6 Å². The minimum absolute atomic E-state index is 0.0847. The molecule has 0 unspecified atom stereocenters. The maximum absolute atomic E-state index is 12.5. The number of carbonyl (C=O) groups excluding carboxylic acids is 1. The lowest BCUT2D eigenvalue weighted by molar-refractivity contribution is 0.0924. The Bertz CT molecular complexity index is 504. The summed E-state index contributed by atoms with van der Waals surface area (Å²) in [4.78, 5) is 12.5. The Morgan fingerprint density at radius 1 is 1.14 bits per heavy atom. The van der Waals surface area contributed by atoms with E-state index in [0.717, 1.165) is 18.7 Å². The summed E-state index contributed by atoms with van der Waals surface area (Å²) in [6.45, 7) is 3.98. The molecular weight excluding hydrogens is 260 g/mol. The predicted molar refractivity (Wildman–Crippen MR) is 85.1 cm³/mol. The Morgan fingerprint density at radius 2 is 1.86 bits per heavy atom. The molecular formula is C18H26N2O. The van der Waals surface area contributed by atoms with Crippen LogP contribution in [0.4, 0.5) is 0 Å². The summed E-state index contributed by atoms with van der Waals surface area (Å²) >= 11 is 0. The highest BCUT2D eigenvalue weighted by molar-refractivity contribution is 5.94. The van der Waals surface area contributed by atoms with Crippen molar-refractivity contribution in [3.63, 3.8) is 0 Å². The van der Waals surface area contributed by atoms with E-state index in [0.29, 0.717) is 5.92 Å². The molecule has 3 rings (SSSR count). The molecule has 1 aromatic rings. The summed E-state index contributed by atoms with van der Waals surface area (Å²) in [5.41, 5.74) is 3.39. The molecule has 0 bridgehead atoms. The third-order valence-electron chi connectivity index (χ3n) is 5.07. The molecule has 114 valence electrons. The van der Waals surface area contributed by atoms with Gasteiger partial charge in [-0.05, 0) is 48.9 Å². The molecule has 0 saturated heterocycles. The van der Waals surface area contributed by atoms with Crippen LogP contribution in [0.1, 0.15) is 66.9 Å². The van der Waals surface area contributed by atoms with E-state index in [2.05, 4.69) is 23.6 Å². The number of rotatable bonds is 3. The number of carbonyl (C=O) groups is 1. The summed E-state index contributed by atoms with van der Waals surface area (Å²) in [6.07, 6.45) is 7.86. The number of amides is 1. The minimum atomic E-state index is 0.0847. The van der Waals surface area contributed by atoms with E-state index in [9.17, 15) is 4.79 Å². The maximum atomic E-state index is 12.5. The number of fused-ring (bicyclic) bond motifs is 1. The molecule has 0 spiro atoms. The van der Waals surface area contributed by atoms with Crippen molar-refractivity contribution in [2.75, 3.05) is 0 Å². The lowest BCUT2D eigenvalue weighted by Gasteiger charge is -2.23. The van der Waals surface area contributed by atoms with Gasteiger partial charge in [-0.1, -0.05) is 31.7 Å². The second-order valence-electron chi connectivity index (χ2n) is 6.60. The molecule has 21 heavy (non-hydrogen) atoms. The fourth-order valence-corrected chi connectivity index (χ4v) is 3.65. The zero-order valence-electron chi connectivity index (χ0n) is 13.0. The first-order chi connectivity index (χ1) is 10.2. The topological polar surface area (TPSA) is 41.1 Å². The molecule has 3 heteroatoms. The summed E-state index contributed by atoms with van der Waals surface area (Å²) in [6, 6.07) is 6.37. The van der Waals surface area contributed by atoms with Crippen molar-refractivity contribution in [1.29, 1.82) is 0 Å². The Balaban J connectivity index is 1.62. The van der Waals surface area contributed by atoms with Gasteiger partial charge >= 0.3 is 0 Å². The molecule has 1 amide bonds. The molecule has 1 aromatic carbocycles. The van der Waals surface area contributed by atoms with E-state index in [1.165, 1.54) is 49.7 Å². The normalized spacial score (nSPS) is 20.6. The van der Waals surface area contributed by atoms with Gasteiger partial charge in [0, 0.05) is 24.7 Å². The van der Waals surface area contributed by atoms with Crippen LogP contribution in [0, 0.1) is 5.92 Å². The van der Waals surface area contributed by atoms with Crippen LogP contribution < -0.4 is 10.6 Å². The van der Waals surface area contributed by atoms with E-state index in [-0.39, 0.29) is 11.9 Å². The van der Waals surface area contributed by atoms with Crippen LogP contribution in [0.2, 0.25) is 0 Å². The van der Waals surface area contributed by atoms with Gasteiger partial charge in [0.25, 0.3) is 5.91 Å². The van der Waals surface area contributed by atoms with Crippen LogP contribution in [0.3, 0.4) is 0 Å². The predicted octanol–water partition coefficient (Wildman–Crippen LogP) is 3.38. The van der Waals surface area contributed by atoms with Crippen LogP contribution in [-0.4, -0.2) is 11.9 Å². The van der Waals surface area contributed by atoms with Gasteiger partial charge in [-0.15, -0.1) is 0 Å². The van der Waals surface area contributed by atoms with Gasteiger partial charge in [0.2, 0.25) is 0 Å². The molecule has 2 aliphatic rings. The maximum Gasteiger partial charge on any atom is 0.251 e. The number of hydrogen-bond acceptors (Lipinski definition) is 2. The SMILES string of the molecule is C[C@@H](NC(=O)c1ccc2c(c1)CNC2)C1CCCCCC1. The second kappa shape index (κ2) is 6.61. The van der Waals surface area contributed by atoms with Crippen molar-refractivity contribution in [1.82, 2.24) is 10.6 Å². The number of benzene rings is 1. The summed E-state index contributed by atoms with van der Waals surface area (Å²) in [5, 5.41) is 6.55. The fraction of sp³-hybridized carbons (Fsp3) is 0.611. The zero-order chi connectivity index (χ0) is 14.7. The summed E-state index contributed by atoms with van der Waals surface area (Å²) in [5.74, 6) is 0.731. The van der Waals surface area contributed by atoms with Gasteiger partial charge in [0.1, 0.15) is 0 Å². The van der Waals surface area contributed by atoms with Crippen LogP contribution in [-0.2, 0) is 13.1 Å². The Labute approximate surface area is 127 Å². The van der Waals surface area contributed by atoms with Gasteiger partial charge in [-0.2, -0.15) is 0 Å². The third-order valence-corrected chi connectivity index (χ3v) is 5.07. The largest absolute Gasteiger partial charge is 0.349 e. The first-order valence-electron chi connectivity index (χ1n) is 8.37. The van der Waals surface area contributed by atoms with Crippen molar-refractivity contribution >= 4 is 5.91 Å². The molecule has 1 aliphatic heterocycles. The van der Waals surface area contributed by atoms with E-state index in [1.54, 1.807) is 0 Å².